The van der Waals surface area contributed by atoms with Crippen LogP contribution in [0.1, 0.15) is 20.5 Å². The van der Waals surface area contributed by atoms with E-state index in [2.05, 4.69) is 12.1 Å². The molecular weight excluding hydrogens is 278 g/mol. The smallest absolute Gasteiger partial charge is 0.254 e. The average Bonchev–Trinajstić information content (AvgIpc) is 3.02. The minimum absolute atomic E-state index is 0.126. The third-order valence-corrected chi connectivity index (χ3v) is 6.45. The van der Waals surface area contributed by atoms with Crippen molar-refractivity contribution in [1.29, 1.82) is 0 Å². The Bertz CT molecular complexity index is 437. The van der Waals surface area contributed by atoms with Crippen LogP contribution in [-0.2, 0) is 4.74 Å². The Labute approximate surface area is 122 Å². The number of hydrogen-bond acceptors (Lipinski definition) is 4. The lowest BCUT2D eigenvalue weighted by atomic mass is 10.1. The van der Waals surface area contributed by atoms with Crippen LogP contribution in [0.2, 0.25) is 0 Å². The van der Waals surface area contributed by atoms with Gasteiger partial charge in [0.1, 0.15) is 0 Å². The maximum absolute atomic E-state index is 12.3. The molecule has 1 amide bonds. The maximum Gasteiger partial charge on any atom is 0.254 e. The van der Waals surface area contributed by atoms with Crippen molar-refractivity contribution in [2.45, 2.75) is 4.58 Å². The molecule has 3 nitrogen and oxygen atoms in total. The second-order valence-corrected chi connectivity index (χ2v) is 7.32. The van der Waals surface area contributed by atoms with E-state index in [1.165, 1.54) is 17.1 Å². The van der Waals surface area contributed by atoms with Crippen molar-refractivity contribution in [3.63, 3.8) is 0 Å². The van der Waals surface area contributed by atoms with Crippen LogP contribution in [0.4, 0.5) is 0 Å². The second kappa shape index (κ2) is 6.20. The molecule has 0 atom stereocenters. The van der Waals surface area contributed by atoms with Gasteiger partial charge in [-0.25, -0.2) is 0 Å². The van der Waals surface area contributed by atoms with Gasteiger partial charge in [0.25, 0.3) is 5.91 Å². The lowest BCUT2D eigenvalue weighted by Gasteiger charge is -2.27. The van der Waals surface area contributed by atoms with Crippen molar-refractivity contribution in [3.05, 3.63) is 35.4 Å². The van der Waals surface area contributed by atoms with Gasteiger partial charge in [0.2, 0.25) is 0 Å². The first-order chi connectivity index (χ1) is 9.34. The Morgan fingerprint density at radius 1 is 1.11 bits per heavy atom. The summed E-state index contributed by atoms with van der Waals surface area (Å²) in [6.07, 6.45) is 0. The fourth-order valence-electron chi connectivity index (χ4n) is 2.28. The fourth-order valence-corrected chi connectivity index (χ4v) is 5.14. The summed E-state index contributed by atoms with van der Waals surface area (Å²) in [5.41, 5.74) is 2.12. The van der Waals surface area contributed by atoms with Crippen molar-refractivity contribution in [3.8, 4) is 0 Å². The van der Waals surface area contributed by atoms with Gasteiger partial charge in [0.05, 0.1) is 17.8 Å². The summed E-state index contributed by atoms with van der Waals surface area (Å²) in [6.45, 7) is 2.71. The molecule has 1 aromatic rings. The van der Waals surface area contributed by atoms with Gasteiger partial charge in [-0.3, -0.25) is 4.79 Å². The molecule has 102 valence electrons. The quantitative estimate of drug-likeness (QED) is 0.839. The molecule has 0 aliphatic carbocycles. The summed E-state index contributed by atoms with van der Waals surface area (Å²) in [6, 6.07) is 8.13. The van der Waals surface area contributed by atoms with Gasteiger partial charge in [-0.1, -0.05) is 12.1 Å². The maximum atomic E-state index is 12.3. The molecule has 2 heterocycles. The van der Waals surface area contributed by atoms with Crippen LogP contribution in [0.15, 0.2) is 24.3 Å². The summed E-state index contributed by atoms with van der Waals surface area (Å²) < 4.78 is 5.82. The molecule has 2 aliphatic rings. The van der Waals surface area contributed by atoms with E-state index in [0.29, 0.717) is 30.9 Å². The number of carbonyl (C=O) groups is 1. The summed E-state index contributed by atoms with van der Waals surface area (Å²) >= 11 is 3.98. The molecule has 0 N–H and O–H groups in total. The van der Waals surface area contributed by atoms with Crippen LogP contribution < -0.4 is 0 Å². The number of carbonyl (C=O) groups excluding carboxylic acids is 1. The molecule has 19 heavy (non-hydrogen) atoms. The number of morpholine rings is 1. The summed E-state index contributed by atoms with van der Waals surface area (Å²) in [5, 5.41) is 0. The van der Waals surface area contributed by atoms with E-state index in [-0.39, 0.29) is 5.91 Å². The second-order valence-electron chi connectivity index (χ2n) is 4.60. The molecule has 0 unspecified atom stereocenters. The Balaban J connectivity index is 1.69. The SMILES string of the molecule is O=C(c1ccc(C2SCCS2)cc1)N1CCOCC1. The molecule has 0 saturated carbocycles. The first kappa shape index (κ1) is 13.3. The first-order valence-electron chi connectivity index (χ1n) is 6.55. The Hall–Kier alpha value is -0.650. The molecule has 0 aromatic heterocycles. The topological polar surface area (TPSA) is 29.5 Å². The van der Waals surface area contributed by atoms with Crippen LogP contribution in [0.3, 0.4) is 0 Å². The van der Waals surface area contributed by atoms with Gasteiger partial charge in [-0.05, 0) is 17.7 Å². The Morgan fingerprint density at radius 3 is 2.37 bits per heavy atom. The Morgan fingerprint density at radius 2 is 1.74 bits per heavy atom. The van der Waals surface area contributed by atoms with Crippen molar-refractivity contribution in [2.75, 3.05) is 37.8 Å². The zero-order chi connectivity index (χ0) is 13.1. The van der Waals surface area contributed by atoms with Crippen LogP contribution in [-0.4, -0.2) is 48.6 Å². The monoisotopic (exact) mass is 295 g/mol. The largest absolute Gasteiger partial charge is 0.378 e. The molecule has 0 bridgehead atoms. The van der Waals surface area contributed by atoms with Crippen molar-refractivity contribution < 1.29 is 9.53 Å². The summed E-state index contributed by atoms with van der Waals surface area (Å²) in [7, 11) is 0. The van der Waals surface area contributed by atoms with Crippen LogP contribution in [0.5, 0.6) is 0 Å². The van der Waals surface area contributed by atoms with Crippen molar-refractivity contribution in [2.24, 2.45) is 0 Å². The highest BCUT2D eigenvalue weighted by Crippen LogP contribution is 2.45. The molecule has 2 fully saturated rings. The normalized spacial score (nSPS) is 20.7. The van der Waals surface area contributed by atoms with Gasteiger partial charge >= 0.3 is 0 Å². The third kappa shape index (κ3) is 3.09. The molecule has 0 radical (unpaired) electrons. The van der Waals surface area contributed by atoms with Gasteiger partial charge < -0.3 is 9.64 Å². The minimum atomic E-state index is 0.126. The highest BCUT2D eigenvalue weighted by atomic mass is 32.2. The molecule has 3 rings (SSSR count). The highest BCUT2D eigenvalue weighted by molar-refractivity contribution is 8.19. The van der Waals surface area contributed by atoms with Crippen molar-refractivity contribution in [1.82, 2.24) is 4.90 Å². The number of amides is 1. The van der Waals surface area contributed by atoms with Crippen molar-refractivity contribution >= 4 is 29.4 Å². The van der Waals surface area contributed by atoms with Crippen LogP contribution in [0, 0.1) is 0 Å². The molecule has 2 aliphatic heterocycles. The molecule has 2 saturated heterocycles. The van der Waals surface area contributed by atoms with Gasteiger partial charge in [-0.15, -0.1) is 23.5 Å². The fraction of sp³-hybridized carbons (Fsp3) is 0.500. The van der Waals surface area contributed by atoms with E-state index in [1.807, 2.05) is 40.6 Å². The van der Waals surface area contributed by atoms with Crippen LogP contribution >= 0.6 is 23.5 Å². The van der Waals surface area contributed by atoms with E-state index in [1.54, 1.807) is 0 Å². The minimum Gasteiger partial charge on any atom is -0.378 e. The number of benzene rings is 1. The Kier molecular flexibility index (Phi) is 4.35. The zero-order valence-electron chi connectivity index (χ0n) is 10.7. The molecule has 1 aromatic carbocycles. The highest BCUT2D eigenvalue weighted by Gasteiger charge is 2.21. The number of ether oxygens (including phenoxy) is 1. The van der Waals surface area contributed by atoms with Gasteiger partial charge in [-0.2, -0.15) is 0 Å². The van der Waals surface area contributed by atoms with E-state index in [9.17, 15) is 4.79 Å². The number of rotatable bonds is 2. The zero-order valence-corrected chi connectivity index (χ0v) is 12.3. The van der Waals surface area contributed by atoms with E-state index >= 15 is 0 Å². The van der Waals surface area contributed by atoms with Crippen LogP contribution in [0.25, 0.3) is 0 Å². The number of nitrogens with zero attached hydrogens (tertiary/aromatic N) is 1. The summed E-state index contributed by atoms with van der Waals surface area (Å²) in [5.74, 6) is 2.58. The number of thioether (sulfide) groups is 2. The molecule has 5 heteroatoms. The van der Waals surface area contributed by atoms with Gasteiger partial charge in [0.15, 0.2) is 0 Å². The lowest BCUT2D eigenvalue weighted by Crippen LogP contribution is -2.40. The molecular formula is C14H17NO2S2. The predicted octanol–water partition coefficient (Wildman–Crippen LogP) is 2.64. The van der Waals surface area contributed by atoms with E-state index in [4.69, 9.17) is 4.74 Å². The average molecular weight is 295 g/mol. The molecule has 0 spiro atoms. The lowest BCUT2D eigenvalue weighted by molar-refractivity contribution is 0.0303. The van der Waals surface area contributed by atoms with E-state index in [0.717, 1.165) is 5.56 Å². The standard InChI is InChI=1S/C14H17NO2S2/c16-13(15-5-7-17-8-6-15)11-1-3-12(4-2-11)14-18-9-10-19-14/h1-4,14H,5-10H2. The summed E-state index contributed by atoms with van der Waals surface area (Å²) in [4.78, 5) is 14.2. The first-order valence-corrected chi connectivity index (χ1v) is 8.64. The van der Waals surface area contributed by atoms with E-state index < -0.39 is 0 Å². The van der Waals surface area contributed by atoms with Gasteiger partial charge in [0, 0.05) is 30.2 Å². The third-order valence-electron chi connectivity index (χ3n) is 3.35. The number of hydrogen-bond donors (Lipinski definition) is 0. The predicted molar refractivity (Wildman–Crippen MR) is 80.8 cm³/mol.